The molecule has 1 aromatic carbocycles. The number of methoxy groups -OCH3 is 2. The second kappa shape index (κ2) is 8.82. The van der Waals surface area contributed by atoms with E-state index in [1.165, 1.54) is 6.20 Å². The lowest BCUT2D eigenvalue weighted by atomic mass is 10.1. The quantitative estimate of drug-likeness (QED) is 0.591. The molecular formula is C18H25N3O3. The van der Waals surface area contributed by atoms with Gasteiger partial charge in [-0.25, -0.2) is 0 Å². The fourth-order valence-electron chi connectivity index (χ4n) is 1.89. The molecule has 0 fully saturated rings. The van der Waals surface area contributed by atoms with Crippen molar-refractivity contribution in [3.63, 3.8) is 0 Å². The maximum absolute atomic E-state index is 12.0. The lowest BCUT2D eigenvalue weighted by Crippen LogP contribution is -2.33. The van der Waals surface area contributed by atoms with Gasteiger partial charge in [-0.15, -0.1) is 0 Å². The van der Waals surface area contributed by atoms with Gasteiger partial charge in [0.15, 0.2) is 11.5 Å². The summed E-state index contributed by atoms with van der Waals surface area (Å²) in [6.07, 6.45) is 2.07. The smallest absolute Gasteiger partial charge is 0.263 e. The highest BCUT2D eigenvalue weighted by atomic mass is 16.5. The van der Waals surface area contributed by atoms with Crippen LogP contribution in [-0.4, -0.2) is 32.2 Å². The van der Waals surface area contributed by atoms with Crippen LogP contribution in [0.15, 0.2) is 30.0 Å². The van der Waals surface area contributed by atoms with Gasteiger partial charge in [0.25, 0.3) is 5.91 Å². The van der Waals surface area contributed by atoms with E-state index in [-0.39, 0.29) is 11.1 Å². The average Bonchev–Trinajstić information content (AvgIpc) is 2.54. The average molecular weight is 331 g/mol. The molecule has 1 amide bonds. The van der Waals surface area contributed by atoms with Crippen molar-refractivity contribution >= 4 is 5.91 Å². The van der Waals surface area contributed by atoms with Crippen LogP contribution in [0.25, 0.3) is 0 Å². The van der Waals surface area contributed by atoms with Crippen LogP contribution < -0.4 is 20.1 Å². The third kappa shape index (κ3) is 6.21. The zero-order chi connectivity index (χ0) is 18.2. The number of carbonyl (C=O) groups is 1. The van der Waals surface area contributed by atoms with Crippen molar-refractivity contribution in [2.24, 2.45) is 0 Å². The van der Waals surface area contributed by atoms with E-state index in [1.807, 2.05) is 45.0 Å². The van der Waals surface area contributed by atoms with Crippen LogP contribution in [0, 0.1) is 11.3 Å². The summed E-state index contributed by atoms with van der Waals surface area (Å²) in [6, 6.07) is 7.51. The number of nitrogens with one attached hydrogen (secondary N) is 2. The van der Waals surface area contributed by atoms with Gasteiger partial charge in [0.1, 0.15) is 11.6 Å². The first-order chi connectivity index (χ1) is 11.3. The molecule has 6 nitrogen and oxygen atoms in total. The summed E-state index contributed by atoms with van der Waals surface area (Å²) in [5.41, 5.74) is 0.850. The Morgan fingerprint density at radius 1 is 1.25 bits per heavy atom. The summed E-state index contributed by atoms with van der Waals surface area (Å²) in [5, 5.41) is 14.8. The summed E-state index contributed by atoms with van der Waals surface area (Å²) in [7, 11) is 3.16. The Morgan fingerprint density at radius 3 is 2.46 bits per heavy atom. The van der Waals surface area contributed by atoms with Crippen LogP contribution in [0.3, 0.4) is 0 Å². The minimum Gasteiger partial charge on any atom is -0.493 e. The molecule has 0 radical (unpaired) electrons. The number of hydrogen-bond donors (Lipinski definition) is 2. The number of ether oxygens (including phenoxy) is 2. The number of nitriles is 1. The largest absolute Gasteiger partial charge is 0.493 e. The number of amides is 1. The number of rotatable bonds is 7. The Morgan fingerprint density at radius 2 is 1.92 bits per heavy atom. The summed E-state index contributed by atoms with van der Waals surface area (Å²) in [4.78, 5) is 12.0. The maximum Gasteiger partial charge on any atom is 0.263 e. The van der Waals surface area contributed by atoms with Gasteiger partial charge in [0.05, 0.1) is 14.2 Å². The molecule has 2 N–H and O–H groups in total. The molecule has 0 aliphatic carbocycles. The Balaban J connectivity index is 2.60. The molecule has 24 heavy (non-hydrogen) atoms. The molecule has 0 saturated carbocycles. The van der Waals surface area contributed by atoms with Crippen molar-refractivity contribution in [3.8, 4) is 17.6 Å². The van der Waals surface area contributed by atoms with Crippen molar-refractivity contribution in [2.45, 2.75) is 32.7 Å². The molecule has 0 unspecified atom stereocenters. The van der Waals surface area contributed by atoms with E-state index in [9.17, 15) is 4.79 Å². The van der Waals surface area contributed by atoms with E-state index in [0.29, 0.717) is 24.5 Å². The maximum atomic E-state index is 12.0. The van der Waals surface area contributed by atoms with Crippen LogP contribution in [0.5, 0.6) is 11.5 Å². The third-order valence-corrected chi connectivity index (χ3v) is 3.16. The molecule has 130 valence electrons. The van der Waals surface area contributed by atoms with Gasteiger partial charge in [-0.05, 0) is 44.9 Å². The van der Waals surface area contributed by atoms with E-state index in [2.05, 4.69) is 10.6 Å². The molecule has 0 heterocycles. The Hall–Kier alpha value is -2.68. The van der Waals surface area contributed by atoms with Crippen molar-refractivity contribution in [1.82, 2.24) is 10.6 Å². The fourth-order valence-corrected chi connectivity index (χ4v) is 1.89. The minimum atomic E-state index is -0.394. The number of benzene rings is 1. The highest BCUT2D eigenvalue weighted by molar-refractivity contribution is 5.97. The van der Waals surface area contributed by atoms with Crippen LogP contribution in [0.1, 0.15) is 26.3 Å². The SMILES string of the molecule is COc1ccc(CCNC(=O)/C(C#N)=C\NC(C)(C)C)cc1OC. The lowest BCUT2D eigenvalue weighted by Gasteiger charge is -2.18. The van der Waals surface area contributed by atoms with E-state index in [1.54, 1.807) is 14.2 Å². The normalized spacial score (nSPS) is 11.4. The topological polar surface area (TPSA) is 83.4 Å². The Bertz CT molecular complexity index is 640. The van der Waals surface area contributed by atoms with Crippen molar-refractivity contribution < 1.29 is 14.3 Å². The fraction of sp³-hybridized carbons (Fsp3) is 0.444. The number of nitrogens with zero attached hydrogens (tertiary/aromatic N) is 1. The molecule has 0 aromatic heterocycles. The van der Waals surface area contributed by atoms with Crippen molar-refractivity contribution in [1.29, 1.82) is 5.26 Å². The molecule has 6 heteroatoms. The zero-order valence-corrected chi connectivity index (χ0v) is 14.9. The van der Waals surface area contributed by atoms with Gasteiger partial charge in [-0.2, -0.15) is 5.26 Å². The van der Waals surface area contributed by atoms with Gasteiger partial charge >= 0.3 is 0 Å². The Kier molecular flexibility index (Phi) is 7.12. The van der Waals surface area contributed by atoms with Gasteiger partial charge in [-0.1, -0.05) is 6.07 Å². The molecular weight excluding hydrogens is 306 g/mol. The highest BCUT2D eigenvalue weighted by Gasteiger charge is 2.12. The second-order valence-corrected chi connectivity index (χ2v) is 6.26. The molecule has 0 atom stereocenters. The zero-order valence-electron chi connectivity index (χ0n) is 14.9. The first-order valence-corrected chi connectivity index (χ1v) is 7.67. The predicted molar refractivity (Wildman–Crippen MR) is 92.8 cm³/mol. The molecule has 0 saturated heterocycles. The predicted octanol–water partition coefficient (Wildman–Crippen LogP) is 2.16. The van der Waals surface area contributed by atoms with E-state index < -0.39 is 5.91 Å². The van der Waals surface area contributed by atoms with E-state index >= 15 is 0 Å². The molecule has 1 aromatic rings. The first-order valence-electron chi connectivity index (χ1n) is 7.67. The van der Waals surface area contributed by atoms with E-state index in [0.717, 1.165) is 5.56 Å². The molecule has 1 rings (SSSR count). The summed E-state index contributed by atoms with van der Waals surface area (Å²) in [6.45, 7) is 6.28. The van der Waals surface area contributed by atoms with Crippen LogP contribution in [0.4, 0.5) is 0 Å². The second-order valence-electron chi connectivity index (χ2n) is 6.26. The highest BCUT2D eigenvalue weighted by Crippen LogP contribution is 2.27. The standard InChI is InChI=1S/C18H25N3O3/c1-18(2,3)21-12-14(11-19)17(22)20-9-8-13-6-7-15(23-4)16(10-13)24-5/h6-7,10,12,21H,8-9H2,1-5H3,(H,20,22)/b14-12-. The summed E-state index contributed by atoms with van der Waals surface area (Å²) in [5.74, 6) is 0.913. The van der Waals surface area contributed by atoms with Crippen molar-refractivity contribution in [2.75, 3.05) is 20.8 Å². The van der Waals surface area contributed by atoms with Crippen LogP contribution in [0.2, 0.25) is 0 Å². The molecule has 0 bridgehead atoms. The molecule has 0 aliphatic heterocycles. The summed E-state index contributed by atoms with van der Waals surface area (Å²) < 4.78 is 10.4. The monoisotopic (exact) mass is 331 g/mol. The van der Waals surface area contributed by atoms with Gasteiger partial charge < -0.3 is 20.1 Å². The van der Waals surface area contributed by atoms with Crippen LogP contribution >= 0.6 is 0 Å². The first kappa shape index (κ1) is 19.4. The number of carbonyl (C=O) groups excluding carboxylic acids is 1. The third-order valence-electron chi connectivity index (χ3n) is 3.16. The van der Waals surface area contributed by atoms with Crippen LogP contribution in [-0.2, 0) is 11.2 Å². The summed E-state index contributed by atoms with van der Waals surface area (Å²) >= 11 is 0. The van der Waals surface area contributed by atoms with E-state index in [4.69, 9.17) is 14.7 Å². The molecule has 0 spiro atoms. The minimum absolute atomic E-state index is 0.0530. The van der Waals surface area contributed by atoms with Gasteiger partial charge in [-0.3, -0.25) is 4.79 Å². The van der Waals surface area contributed by atoms with Gasteiger partial charge in [0, 0.05) is 18.3 Å². The van der Waals surface area contributed by atoms with Gasteiger partial charge in [0.2, 0.25) is 0 Å². The lowest BCUT2D eigenvalue weighted by molar-refractivity contribution is -0.117. The molecule has 0 aliphatic rings. The van der Waals surface area contributed by atoms with Crippen molar-refractivity contribution in [3.05, 3.63) is 35.5 Å². The number of hydrogen-bond acceptors (Lipinski definition) is 5. The Labute approximate surface area is 143 Å².